The van der Waals surface area contributed by atoms with E-state index in [1.807, 2.05) is 11.8 Å². The van der Waals surface area contributed by atoms with Crippen molar-refractivity contribution in [3.8, 4) is 0 Å². The predicted molar refractivity (Wildman–Crippen MR) is 53.6 cm³/mol. The molecule has 2 rings (SSSR count). The van der Waals surface area contributed by atoms with Gasteiger partial charge in [0.15, 0.2) is 0 Å². The van der Waals surface area contributed by atoms with E-state index in [4.69, 9.17) is 0 Å². The normalized spacial score (nSPS) is 20.1. The number of benzene rings is 1. The van der Waals surface area contributed by atoms with Crippen molar-refractivity contribution in [3.63, 3.8) is 0 Å². The third-order valence-corrected chi connectivity index (χ3v) is 3.39. The lowest BCUT2D eigenvalue weighted by Crippen LogP contribution is -2.54. The third-order valence-electron chi connectivity index (χ3n) is 2.11. The monoisotopic (exact) mass is 179 g/mol. The molecule has 1 heterocycles. The van der Waals surface area contributed by atoms with E-state index in [0.29, 0.717) is 4.75 Å². The molecule has 1 aliphatic heterocycles. The van der Waals surface area contributed by atoms with Crippen LogP contribution in [-0.2, 0) is 0 Å². The molecule has 0 aromatic heterocycles. The highest BCUT2D eigenvalue weighted by Gasteiger charge is 2.32. The van der Waals surface area contributed by atoms with Gasteiger partial charge in [-0.05, 0) is 19.1 Å². The molecular weight excluding hydrogens is 166 g/mol. The van der Waals surface area contributed by atoms with Crippen molar-refractivity contribution in [2.24, 2.45) is 0 Å². The topological polar surface area (TPSA) is 12.0 Å². The maximum atomic E-state index is 3.30. The molecule has 1 aromatic rings. The van der Waals surface area contributed by atoms with E-state index in [-0.39, 0.29) is 0 Å². The molecule has 0 bridgehead atoms. The lowest BCUT2D eigenvalue weighted by Gasteiger charge is -2.38. The van der Waals surface area contributed by atoms with E-state index in [0.717, 1.165) is 13.1 Å². The van der Waals surface area contributed by atoms with Crippen LogP contribution < -0.4 is 5.32 Å². The van der Waals surface area contributed by atoms with Gasteiger partial charge in [-0.3, -0.25) is 0 Å². The van der Waals surface area contributed by atoms with E-state index >= 15 is 0 Å². The lowest BCUT2D eigenvalue weighted by atomic mass is 10.1. The van der Waals surface area contributed by atoms with E-state index in [1.54, 1.807) is 0 Å². The molecule has 0 radical (unpaired) electrons. The van der Waals surface area contributed by atoms with E-state index < -0.39 is 0 Å². The van der Waals surface area contributed by atoms with Gasteiger partial charge in [-0.25, -0.2) is 0 Å². The van der Waals surface area contributed by atoms with Crippen LogP contribution >= 0.6 is 11.8 Å². The van der Waals surface area contributed by atoms with Gasteiger partial charge in [-0.2, -0.15) is 0 Å². The first kappa shape index (κ1) is 8.14. The van der Waals surface area contributed by atoms with Gasteiger partial charge in [-0.1, -0.05) is 18.2 Å². The summed E-state index contributed by atoms with van der Waals surface area (Å²) in [7, 11) is 0. The second-order valence-electron chi connectivity index (χ2n) is 3.47. The van der Waals surface area contributed by atoms with E-state index in [1.165, 1.54) is 4.90 Å². The number of nitrogens with one attached hydrogen (secondary N) is 1. The van der Waals surface area contributed by atoms with Crippen LogP contribution in [0.2, 0.25) is 0 Å². The predicted octanol–water partition coefficient (Wildman–Crippen LogP) is 2.14. The summed E-state index contributed by atoms with van der Waals surface area (Å²) in [4.78, 5) is 1.38. The number of thioether (sulfide) groups is 1. The Kier molecular flexibility index (Phi) is 2.11. The van der Waals surface area contributed by atoms with Crippen LogP contribution in [-0.4, -0.2) is 17.8 Å². The highest BCUT2D eigenvalue weighted by molar-refractivity contribution is 8.00. The Morgan fingerprint density at radius 1 is 1.25 bits per heavy atom. The van der Waals surface area contributed by atoms with Crippen LogP contribution in [0.15, 0.2) is 35.2 Å². The average molecular weight is 179 g/mol. The number of hydrogen-bond donors (Lipinski definition) is 1. The van der Waals surface area contributed by atoms with Crippen LogP contribution in [0, 0.1) is 0 Å². The van der Waals surface area contributed by atoms with Crippen molar-refractivity contribution >= 4 is 11.8 Å². The molecule has 1 nitrogen and oxygen atoms in total. The largest absolute Gasteiger partial charge is 0.314 e. The molecule has 64 valence electrons. The Balaban J connectivity index is 2.04. The minimum Gasteiger partial charge on any atom is -0.314 e. The van der Waals surface area contributed by atoms with Crippen molar-refractivity contribution < 1.29 is 0 Å². The third kappa shape index (κ3) is 1.65. The quantitative estimate of drug-likeness (QED) is 0.746. The first-order valence-corrected chi connectivity index (χ1v) is 5.05. The molecule has 2 heteroatoms. The molecule has 0 atom stereocenters. The number of rotatable bonds is 2. The maximum Gasteiger partial charge on any atom is 0.0427 e. The summed E-state index contributed by atoms with van der Waals surface area (Å²) in [6.45, 7) is 4.57. The van der Waals surface area contributed by atoms with Gasteiger partial charge < -0.3 is 5.32 Å². The lowest BCUT2D eigenvalue weighted by molar-refractivity contribution is 0.422. The van der Waals surface area contributed by atoms with Crippen molar-refractivity contribution in [2.75, 3.05) is 13.1 Å². The minimum absolute atomic E-state index is 0.432. The molecule has 1 aromatic carbocycles. The fraction of sp³-hybridized carbons (Fsp3) is 0.400. The molecule has 0 aliphatic carbocycles. The summed E-state index contributed by atoms with van der Waals surface area (Å²) in [6.07, 6.45) is 0. The van der Waals surface area contributed by atoms with Gasteiger partial charge in [0, 0.05) is 22.7 Å². The van der Waals surface area contributed by atoms with Gasteiger partial charge in [0.05, 0.1) is 0 Å². The molecule has 12 heavy (non-hydrogen) atoms. The highest BCUT2D eigenvalue weighted by Crippen LogP contribution is 2.34. The zero-order valence-electron chi connectivity index (χ0n) is 7.21. The summed E-state index contributed by atoms with van der Waals surface area (Å²) in [5.74, 6) is 0. The van der Waals surface area contributed by atoms with Crippen molar-refractivity contribution in [1.29, 1.82) is 0 Å². The van der Waals surface area contributed by atoms with Gasteiger partial charge in [-0.15, -0.1) is 11.8 Å². The SMILES string of the molecule is CC1(Sc2ccccc2)CNC1. The van der Waals surface area contributed by atoms with E-state index in [9.17, 15) is 0 Å². The van der Waals surface area contributed by atoms with Gasteiger partial charge >= 0.3 is 0 Å². The fourth-order valence-electron chi connectivity index (χ4n) is 1.32. The zero-order chi connectivity index (χ0) is 8.44. The Morgan fingerprint density at radius 3 is 2.42 bits per heavy atom. The first-order valence-electron chi connectivity index (χ1n) is 4.23. The number of hydrogen-bond acceptors (Lipinski definition) is 2. The van der Waals surface area contributed by atoms with E-state index in [2.05, 4.69) is 42.6 Å². The molecule has 0 spiro atoms. The highest BCUT2D eigenvalue weighted by atomic mass is 32.2. The summed E-state index contributed by atoms with van der Waals surface area (Å²) >= 11 is 1.97. The van der Waals surface area contributed by atoms with Crippen LogP contribution in [0.1, 0.15) is 6.92 Å². The Bertz CT molecular complexity index is 254. The van der Waals surface area contributed by atoms with Crippen molar-refractivity contribution in [3.05, 3.63) is 30.3 Å². The van der Waals surface area contributed by atoms with Crippen molar-refractivity contribution in [2.45, 2.75) is 16.6 Å². The van der Waals surface area contributed by atoms with Crippen LogP contribution in [0.5, 0.6) is 0 Å². The summed E-state index contributed by atoms with van der Waals surface area (Å²) < 4.78 is 0.432. The molecule has 1 fully saturated rings. The second-order valence-corrected chi connectivity index (χ2v) is 5.13. The summed E-state index contributed by atoms with van der Waals surface area (Å²) in [5.41, 5.74) is 0. The smallest absolute Gasteiger partial charge is 0.0427 e. The van der Waals surface area contributed by atoms with Gasteiger partial charge in [0.25, 0.3) is 0 Å². The molecule has 1 saturated heterocycles. The maximum absolute atomic E-state index is 3.30. The Labute approximate surface area is 77.6 Å². The fourth-order valence-corrected chi connectivity index (χ4v) is 2.53. The Hall–Kier alpha value is -0.470. The molecule has 0 saturated carbocycles. The van der Waals surface area contributed by atoms with Gasteiger partial charge in [0.1, 0.15) is 0 Å². The van der Waals surface area contributed by atoms with Crippen LogP contribution in [0.3, 0.4) is 0 Å². The van der Waals surface area contributed by atoms with Gasteiger partial charge in [0.2, 0.25) is 0 Å². The zero-order valence-corrected chi connectivity index (χ0v) is 8.03. The summed E-state index contributed by atoms with van der Waals surface area (Å²) in [5, 5.41) is 3.30. The Morgan fingerprint density at radius 2 is 1.92 bits per heavy atom. The molecule has 1 N–H and O–H groups in total. The van der Waals surface area contributed by atoms with Crippen LogP contribution in [0.25, 0.3) is 0 Å². The standard InChI is InChI=1S/C10H13NS/c1-10(7-11-8-10)12-9-5-3-2-4-6-9/h2-6,11H,7-8H2,1H3. The average Bonchev–Trinajstić information content (AvgIpc) is 2.04. The minimum atomic E-state index is 0.432. The second kappa shape index (κ2) is 3.11. The molecule has 0 amide bonds. The summed E-state index contributed by atoms with van der Waals surface area (Å²) in [6, 6.07) is 10.6. The van der Waals surface area contributed by atoms with Crippen molar-refractivity contribution in [1.82, 2.24) is 5.32 Å². The van der Waals surface area contributed by atoms with Crippen LogP contribution in [0.4, 0.5) is 0 Å². The molecule has 0 unspecified atom stereocenters. The molecule has 1 aliphatic rings. The first-order chi connectivity index (χ1) is 5.79. The molecular formula is C10H13NS.